The Kier molecular flexibility index (Phi) is 8.62. The molecule has 0 unspecified atom stereocenters. The molecule has 0 aliphatic heterocycles. The van der Waals surface area contributed by atoms with E-state index in [0.717, 1.165) is 31.4 Å². The number of benzene rings is 1. The first-order chi connectivity index (χ1) is 10.6. The third kappa shape index (κ3) is 5.05. The van der Waals surface area contributed by atoms with Gasteiger partial charge in [-0.2, -0.15) is 0 Å². The summed E-state index contributed by atoms with van der Waals surface area (Å²) in [4.78, 5) is 16.0. The second kappa shape index (κ2) is 9.94. The average Bonchev–Trinajstić information content (AvgIpc) is 2.57. The van der Waals surface area contributed by atoms with Gasteiger partial charge in [-0.05, 0) is 50.5 Å². The lowest BCUT2D eigenvalue weighted by atomic mass is 9.78. The van der Waals surface area contributed by atoms with Gasteiger partial charge in [-0.1, -0.05) is 39.0 Å². The zero-order valence-corrected chi connectivity index (χ0v) is 15.2. The van der Waals surface area contributed by atoms with Crippen molar-refractivity contribution in [1.29, 1.82) is 0 Å². The lowest BCUT2D eigenvalue weighted by Crippen LogP contribution is -2.42. The molecule has 0 saturated carbocycles. The van der Waals surface area contributed by atoms with Crippen molar-refractivity contribution in [2.45, 2.75) is 58.3 Å². The molecule has 0 heterocycles. The Hall–Kier alpha value is -0.960. The molecule has 2 nitrogen and oxygen atoms in total. The van der Waals surface area contributed by atoms with Crippen LogP contribution in [0.15, 0.2) is 35.2 Å². The van der Waals surface area contributed by atoms with Crippen LogP contribution in [0.1, 0.15) is 53.4 Å². The Bertz CT molecular complexity index is 428. The molecule has 2 radical (unpaired) electrons. The van der Waals surface area contributed by atoms with Crippen LogP contribution in [-0.4, -0.2) is 23.1 Å². The van der Waals surface area contributed by atoms with Crippen LogP contribution in [0.5, 0.6) is 0 Å². The van der Waals surface area contributed by atoms with Crippen LogP contribution < -0.4 is 0 Å². The van der Waals surface area contributed by atoms with Gasteiger partial charge in [-0.25, -0.2) is 0 Å². The first-order valence-electron chi connectivity index (χ1n) is 8.36. The van der Waals surface area contributed by atoms with Gasteiger partial charge in [0.1, 0.15) is 0 Å². The van der Waals surface area contributed by atoms with Crippen molar-refractivity contribution < 1.29 is 4.79 Å². The Morgan fingerprint density at radius 3 is 2.27 bits per heavy atom. The quantitative estimate of drug-likeness (QED) is 0.432. The van der Waals surface area contributed by atoms with Gasteiger partial charge in [-0.15, -0.1) is 11.8 Å². The highest BCUT2D eigenvalue weighted by Crippen LogP contribution is 2.36. The zero-order chi connectivity index (χ0) is 16.4. The van der Waals surface area contributed by atoms with Crippen LogP contribution in [0.3, 0.4) is 0 Å². The number of hydrogen-bond acceptors (Lipinski definition) is 2. The highest BCUT2D eigenvalue weighted by molar-refractivity contribution is 7.99. The van der Waals surface area contributed by atoms with Crippen LogP contribution in [-0.2, 0) is 4.79 Å². The normalized spacial score (nSPS) is 11.5. The molecule has 122 valence electrons. The topological polar surface area (TPSA) is 20.3 Å². The number of carbonyl (C=O) groups excluding carboxylic acids is 1. The maximum atomic E-state index is 12.9. The summed E-state index contributed by atoms with van der Waals surface area (Å²) in [5.41, 5.74) is -0.250. The van der Waals surface area contributed by atoms with E-state index in [2.05, 4.69) is 44.7 Å². The van der Waals surface area contributed by atoms with Gasteiger partial charge in [0.15, 0.2) is 0 Å². The second-order valence-electron chi connectivity index (χ2n) is 5.46. The van der Waals surface area contributed by atoms with E-state index in [9.17, 15) is 4.79 Å². The highest BCUT2D eigenvalue weighted by atomic mass is 32.2. The molecule has 22 heavy (non-hydrogen) atoms. The summed E-state index contributed by atoms with van der Waals surface area (Å²) in [5.74, 6) is 1.22. The number of amides is 1. The van der Waals surface area contributed by atoms with Crippen molar-refractivity contribution >= 4 is 17.7 Å². The molecular weight excluding hydrogens is 290 g/mol. The van der Waals surface area contributed by atoms with E-state index in [1.807, 2.05) is 31.7 Å². The molecule has 0 bridgehead atoms. The van der Waals surface area contributed by atoms with E-state index in [4.69, 9.17) is 0 Å². The molecular formula is C19H29NOS. The molecule has 0 aliphatic carbocycles. The molecule has 0 saturated heterocycles. The van der Waals surface area contributed by atoms with E-state index in [1.165, 1.54) is 4.90 Å². The smallest absolute Gasteiger partial charge is 0.229 e. The van der Waals surface area contributed by atoms with E-state index < -0.39 is 0 Å². The van der Waals surface area contributed by atoms with E-state index in [1.54, 1.807) is 4.90 Å². The molecule has 0 fully saturated rings. The average molecular weight is 320 g/mol. The summed E-state index contributed by atoms with van der Waals surface area (Å²) in [6.07, 6.45) is 3.47. The third-order valence-electron chi connectivity index (χ3n) is 4.31. The molecule has 1 amide bonds. The van der Waals surface area contributed by atoms with Crippen LogP contribution in [0, 0.1) is 12.0 Å². The fourth-order valence-corrected chi connectivity index (χ4v) is 3.78. The van der Waals surface area contributed by atoms with Crippen LogP contribution in [0.2, 0.25) is 0 Å². The molecule has 3 heteroatoms. The van der Waals surface area contributed by atoms with Crippen LogP contribution in [0.4, 0.5) is 0 Å². The Balaban J connectivity index is 2.71. The van der Waals surface area contributed by atoms with Gasteiger partial charge in [0.05, 0.1) is 6.54 Å². The predicted octanol–water partition coefficient (Wildman–Crippen LogP) is 5.27. The van der Waals surface area contributed by atoms with Crippen molar-refractivity contribution in [3.05, 3.63) is 36.9 Å². The van der Waals surface area contributed by atoms with Crippen LogP contribution >= 0.6 is 11.8 Å². The lowest BCUT2D eigenvalue weighted by Gasteiger charge is -2.35. The first kappa shape index (κ1) is 19.1. The van der Waals surface area contributed by atoms with Gasteiger partial charge in [-0.3, -0.25) is 4.79 Å². The van der Waals surface area contributed by atoms with Gasteiger partial charge < -0.3 is 4.90 Å². The van der Waals surface area contributed by atoms with Gasteiger partial charge in [0, 0.05) is 16.9 Å². The van der Waals surface area contributed by atoms with Crippen molar-refractivity contribution in [3.8, 4) is 0 Å². The third-order valence-corrected chi connectivity index (χ3v) is 5.32. The molecule has 1 rings (SSSR count). The minimum Gasteiger partial charge on any atom is -0.332 e. The summed E-state index contributed by atoms with van der Waals surface area (Å²) in [5, 5.41) is 0. The fourth-order valence-electron chi connectivity index (χ4n) is 2.70. The van der Waals surface area contributed by atoms with Crippen LogP contribution in [0.25, 0.3) is 0 Å². The lowest BCUT2D eigenvalue weighted by molar-refractivity contribution is -0.141. The number of rotatable bonds is 10. The minimum absolute atomic E-state index is 0.246. The summed E-state index contributed by atoms with van der Waals surface area (Å²) < 4.78 is 0. The first-order valence-corrected chi connectivity index (χ1v) is 9.35. The molecule has 1 aromatic carbocycles. The number of hydrogen-bond donors (Lipinski definition) is 0. The van der Waals surface area contributed by atoms with E-state index in [-0.39, 0.29) is 11.3 Å². The van der Waals surface area contributed by atoms with Crippen molar-refractivity contribution in [2.75, 3.05) is 12.3 Å². The SMILES string of the molecule is CC[C]N(CC)C(=O)C(CC)(CC)CCSc1ccccc1. The molecule has 1 aromatic rings. The molecule has 0 spiro atoms. The largest absolute Gasteiger partial charge is 0.332 e. The number of carbonyl (C=O) groups is 1. The van der Waals surface area contributed by atoms with E-state index in [0.29, 0.717) is 6.54 Å². The molecule has 0 atom stereocenters. The minimum atomic E-state index is -0.250. The zero-order valence-electron chi connectivity index (χ0n) is 14.4. The second-order valence-corrected chi connectivity index (χ2v) is 6.63. The summed E-state index contributed by atoms with van der Waals surface area (Å²) >= 11 is 1.84. The maximum Gasteiger partial charge on any atom is 0.229 e. The van der Waals surface area contributed by atoms with Gasteiger partial charge in [0.25, 0.3) is 0 Å². The Morgan fingerprint density at radius 2 is 1.77 bits per heavy atom. The highest BCUT2D eigenvalue weighted by Gasteiger charge is 2.37. The van der Waals surface area contributed by atoms with Gasteiger partial charge in [0.2, 0.25) is 5.91 Å². The monoisotopic (exact) mass is 319 g/mol. The Labute approximate surface area is 140 Å². The van der Waals surface area contributed by atoms with Crippen molar-refractivity contribution in [3.63, 3.8) is 0 Å². The molecule has 0 aliphatic rings. The summed E-state index contributed by atoms with van der Waals surface area (Å²) in [6, 6.07) is 10.4. The predicted molar refractivity (Wildman–Crippen MR) is 95.7 cm³/mol. The van der Waals surface area contributed by atoms with Crippen molar-refractivity contribution in [2.24, 2.45) is 5.41 Å². The van der Waals surface area contributed by atoms with E-state index >= 15 is 0 Å². The standard InChI is InChI=1S/C19H29NOS/c1-5-15-20(8-4)18(21)19(6-2,7-3)14-16-22-17-12-10-9-11-13-17/h9-13H,5-8,14,16H2,1-4H3. The molecule has 0 aromatic heterocycles. The number of nitrogens with zero attached hydrogens (tertiary/aromatic N) is 1. The number of thioether (sulfide) groups is 1. The van der Waals surface area contributed by atoms with Crippen molar-refractivity contribution in [1.82, 2.24) is 4.90 Å². The Morgan fingerprint density at radius 1 is 1.14 bits per heavy atom. The molecule has 0 N–H and O–H groups in total. The fraction of sp³-hybridized carbons (Fsp3) is 0.579. The summed E-state index contributed by atoms with van der Waals surface area (Å²) in [6.45, 7) is 12.2. The summed E-state index contributed by atoms with van der Waals surface area (Å²) in [7, 11) is 0. The van der Waals surface area contributed by atoms with Gasteiger partial charge >= 0.3 is 0 Å². The maximum absolute atomic E-state index is 12.9.